The molecule has 1 fully saturated rings. The number of carboxylic acids is 10. The number of nitrogens with two attached hydrogens (primary N) is 5. The molecule has 124 heavy (non-hydrogen) atoms. The number of unbranched alkanes of at least 4 members (excludes halogenated alkanes) is 1. The van der Waals surface area contributed by atoms with Crippen molar-refractivity contribution in [2.75, 3.05) is 19.6 Å². The molecule has 0 aromatic heterocycles. The first-order valence-corrected chi connectivity index (χ1v) is 37.3. The third-order valence-corrected chi connectivity index (χ3v) is 17.7. The van der Waals surface area contributed by atoms with Crippen LogP contribution >= 0.6 is 0 Å². The number of likely N-dealkylation sites (tertiary alicyclic amines) is 1. The predicted octanol–water partition coefficient (Wildman–Crippen LogP) is -13.8. The van der Waals surface area contributed by atoms with Gasteiger partial charge in [0.15, 0.2) is 5.96 Å². The van der Waals surface area contributed by atoms with Crippen LogP contribution in [0.25, 0.3) is 0 Å². The Morgan fingerprint density at radius 1 is 0.355 bits per heavy atom. The van der Waals surface area contributed by atoms with Gasteiger partial charge in [-0.2, -0.15) is 0 Å². The van der Waals surface area contributed by atoms with Crippen molar-refractivity contribution in [3.8, 4) is 0 Å². The number of amides is 16. The number of primary amides is 2. The molecule has 0 saturated carbocycles. The average molecular weight is 1780 g/mol. The minimum atomic E-state index is -2.51. The first-order valence-electron chi connectivity index (χ1n) is 37.3. The van der Waals surface area contributed by atoms with Gasteiger partial charge < -0.3 is 159 Å². The van der Waals surface area contributed by atoms with Crippen molar-refractivity contribution < 1.29 is 176 Å². The zero-order valence-electron chi connectivity index (χ0n) is 66.2. The molecular weight excluding hydrogens is 1670 g/mol. The van der Waals surface area contributed by atoms with E-state index in [1.807, 2.05) is 26.6 Å². The Morgan fingerprint density at radius 3 is 0.911 bits per heavy atom. The summed E-state index contributed by atoms with van der Waals surface area (Å²) < 4.78 is 0. The summed E-state index contributed by atoms with van der Waals surface area (Å²) in [4.78, 5) is 338. The molecule has 0 aliphatic carbocycles. The Labute approximate surface area is 699 Å². The van der Waals surface area contributed by atoms with Crippen molar-refractivity contribution in [1.29, 1.82) is 5.41 Å². The van der Waals surface area contributed by atoms with Crippen molar-refractivity contribution in [1.82, 2.24) is 79.3 Å². The molecular formula is C67H101N21O36. The second-order valence-corrected chi connectivity index (χ2v) is 27.7. The molecule has 1 aliphatic heterocycles. The van der Waals surface area contributed by atoms with Crippen LogP contribution < -0.4 is 103 Å². The summed E-state index contributed by atoms with van der Waals surface area (Å²) in [5.74, 6) is -43.8. The van der Waals surface area contributed by atoms with Crippen LogP contribution in [0, 0.1) is 11.3 Å². The third kappa shape index (κ3) is 40.4. The van der Waals surface area contributed by atoms with E-state index in [0.29, 0.717) is 0 Å². The van der Waals surface area contributed by atoms with Crippen LogP contribution in [0.5, 0.6) is 0 Å². The number of nitrogens with zero attached hydrogens (tertiary/aromatic N) is 1. The van der Waals surface area contributed by atoms with Gasteiger partial charge in [0.2, 0.25) is 94.5 Å². The number of guanidine groups is 1. The van der Waals surface area contributed by atoms with E-state index in [9.17, 15) is 171 Å². The van der Waals surface area contributed by atoms with Crippen LogP contribution in [0.15, 0.2) is 0 Å². The largest absolute Gasteiger partial charge is 0.481 e. The number of hydrogen-bond donors (Lipinski definition) is 30. The highest BCUT2D eigenvalue weighted by Crippen LogP contribution is 2.23. The van der Waals surface area contributed by atoms with Gasteiger partial charge in [-0.25, -0.2) is 4.79 Å². The summed E-state index contributed by atoms with van der Waals surface area (Å²) in [5.41, 5.74) is 26.9. The Bertz CT molecular complexity index is 4030. The summed E-state index contributed by atoms with van der Waals surface area (Å²) in [7, 11) is 0. The standard InChI is InChI=1S/C67H101N21O36/c1-3-25(2)51(65(122)88-13-7-10-39(88)64(121)85-37(24-50(107)108)62(119)81-32(19-45(97)98)57(114)76-28(9-6-12-74-67(72)73)53(110)79-36(23-49(105)106)63(120)86-38(66(123)124)16-41(71)90)87-54(111)27(8-4-5-11-68)75-56(113)31(18-44(95)96)80-55(112)29(15-40(70)89)78-59(116)33(20-46(99)100)83-61(118)35(22-48(103)104)84-60(117)34(21-47(101)102)82-58(115)30(17-43(93)94)77-52(109)26(69)14-42(91)92/h25-39,51H,3-24,68-69H2,1-2H3,(H2,70,89)(H2,71,90)(H,75,113)(H,76,114)(H,77,109)(H,78,116)(H,79,110)(H,80,112)(H,81,119)(H,82,115)(H,83,118)(H,84,117)(H,85,121)(H,86,120)(H,87,111)(H,91,92)(H,93,94)(H,95,96)(H,97,98)(H,99,100)(H,101,102)(H,103,104)(H,105,106)(H,107,108)(H,123,124)(H4,72,73,74)/t25-,26-,27-,28-,29-,30-,31-,32-,33-,34-,35-,36-,37-,38-,39-,51-/m0/s1. The molecule has 0 unspecified atom stereocenters. The van der Waals surface area contributed by atoms with E-state index in [1.54, 1.807) is 21.3 Å². The first kappa shape index (κ1) is 107. The summed E-state index contributed by atoms with van der Waals surface area (Å²) in [6.07, 6.45) is -15.8. The summed E-state index contributed by atoms with van der Waals surface area (Å²) in [6, 6.07) is -32.2. The van der Waals surface area contributed by atoms with Crippen LogP contribution in [-0.2, 0) is 125 Å². The lowest BCUT2D eigenvalue weighted by Gasteiger charge is -2.33. The normalized spacial score (nSPS) is 15.7. The lowest BCUT2D eigenvalue weighted by Crippen LogP contribution is -2.62. The third-order valence-electron chi connectivity index (χ3n) is 17.7. The maximum absolute atomic E-state index is 14.8. The van der Waals surface area contributed by atoms with Gasteiger partial charge in [0.05, 0.1) is 76.7 Å². The molecule has 57 heteroatoms. The molecule has 0 aromatic carbocycles. The van der Waals surface area contributed by atoms with Gasteiger partial charge >= 0.3 is 59.7 Å². The number of aliphatic carboxylic acids is 10. The van der Waals surface area contributed by atoms with E-state index in [2.05, 4.69) is 26.6 Å². The van der Waals surface area contributed by atoms with E-state index >= 15 is 0 Å². The second-order valence-electron chi connectivity index (χ2n) is 27.7. The Morgan fingerprint density at radius 2 is 0.621 bits per heavy atom. The Balaban J connectivity index is 3.74. The molecule has 35 N–H and O–H groups in total. The fraction of sp³-hybridized carbons (Fsp3) is 0.597. The van der Waals surface area contributed by atoms with E-state index in [-0.39, 0.29) is 58.2 Å². The average Bonchev–Trinajstić information content (AvgIpc) is 1.63. The van der Waals surface area contributed by atoms with Gasteiger partial charge in [-0.15, -0.1) is 0 Å². The first-order chi connectivity index (χ1) is 57.7. The van der Waals surface area contributed by atoms with E-state index < -0.39 is 340 Å². The SMILES string of the molecule is CC[C@H](C)[C@H](NC(=O)[C@H](CCCCN)NC(=O)[C@H](CC(=O)O)NC(=O)[C@H](CC(N)=O)NC(=O)[C@H](CC(=O)O)NC(=O)[C@H](CC(=O)O)NC(=O)[C@H](CC(=O)O)NC(=O)[C@H](CC(=O)O)NC(=O)[C@@H](N)CC(=O)O)C(=O)N1CCC[C@H]1C(=O)N[C@@H](CC(=O)O)C(=O)N[C@@H](CC(=O)O)C(=O)N[C@@H](CCCNC(=N)N)C(=O)N[C@@H](CC(=O)O)C(=O)N[C@@H](CC(N)=O)C(=O)O. The molecule has 1 rings (SSSR count). The lowest BCUT2D eigenvalue weighted by molar-refractivity contribution is -0.145. The predicted molar refractivity (Wildman–Crippen MR) is 405 cm³/mol. The van der Waals surface area contributed by atoms with Crippen LogP contribution in [0.1, 0.15) is 136 Å². The van der Waals surface area contributed by atoms with E-state index in [4.69, 9.17) is 39.2 Å². The topological polar surface area (TPSA) is 972 Å². The highest BCUT2D eigenvalue weighted by Gasteiger charge is 2.44. The number of nitrogens with one attached hydrogen (secondary N) is 15. The fourth-order valence-electron chi connectivity index (χ4n) is 11.4. The number of carbonyl (C=O) groups excluding carboxylic acids is 16. The van der Waals surface area contributed by atoms with Crippen molar-refractivity contribution in [3.63, 3.8) is 0 Å². The number of carboxylic acid groups (broad SMARTS) is 10. The van der Waals surface area contributed by atoms with Gasteiger partial charge in [-0.3, -0.25) is 125 Å². The molecule has 0 spiro atoms. The van der Waals surface area contributed by atoms with Gasteiger partial charge in [-0.1, -0.05) is 20.3 Å². The molecule has 1 saturated heterocycles. The Hall–Kier alpha value is -14.6. The zero-order chi connectivity index (χ0) is 94.9. The van der Waals surface area contributed by atoms with Gasteiger partial charge in [-0.05, 0) is 57.4 Å². The summed E-state index contributed by atoms with van der Waals surface area (Å²) in [5, 5.41) is 132. The zero-order valence-corrected chi connectivity index (χ0v) is 66.2. The molecule has 0 radical (unpaired) electrons. The molecule has 16 atom stereocenters. The van der Waals surface area contributed by atoms with Crippen LogP contribution in [-0.4, -0.2) is 326 Å². The minimum Gasteiger partial charge on any atom is -0.481 e. The van der Waals surface area contributed by atoms with E-state index in [1.165, 1.54) is 13.8 Å². The molecule has 0 aromatic rings. The van der Waals surface area contributed by atoms with Gasteiger partial charge in [0, 0.05) is 13.1 Å². The Kier molecular flexibility index (Phi) is 46.0. The van der Waals surface area contributed by atoms with Crippen LogP contribution in [0.4, 0.5) is 0 Å². The quantitative estimate of drug-likeness (QED) is 0.0153. The van der Waals surface area contributed by atoms with Crippen molar-refractivity contribution >= 4 is 160 Å². The molecule has 1 heterocycles. The smallest absolute Gasteiger partial charge is 0.326 e. The monoisotopic (exact) mass is 1780 g/mol. The molecule has 16 amide bonds. The second kappa shape index (κ2) is 53.1. The van der Waals surface area contributed by atoms with Crippen molar-refractivity contribution in [3.05, 3.63) is 0 Å². The fourth-order valence-corrected chi connectivity index (χ4v) is 11.4. The minimum absolute atomic E-state index is 0.00688. The molecule has 1 aliphatic rings. The molecule has 57 nitrogen and oxygen atoms in total. The van der Waals surface area contributed by atoms with Crippen molar-refractivity contribution in [2.24, 2.45) is 34.6 Å². The van der Waals surface area contributed by atoms with Gasteiger partial charge in [0.25, 0.3) is 0 Å². The van der Waals surface area contributed by atoms with E-state index in [0.717, 1.165) is 4.90 Å². The highest BCUT2D eigenvalue weighted by atomic mass is 16.4. The number of rotatable bonds is 60. The van der Waals surface area contributed by atoms with Gasteiger partial charge in [0.1, 0.15) is 84.6 Å². The molecule has 0 bridgehead atoms. The summed E-state index contributed by atoms with van der Waals surface area (Å²) >= 11 is 0. The maximum Gasteiger partial charge on any atom is 0.326 e. The maximum atomic E-state index is 14.8. The van der Waals surface area contributed by atoms with Crippen LogP contribution in [0.2, 0.25) is 0 Å². The van der Waals surface area contributed by atoms with Crippen molar-refractivity contribution in [2.45, 2.75) is 226 Å². The molecule has 690 valence electrons. The van der Waals surface area contributed by atoms with Crippen LogP contribution in [0.3, 0.4) is 0 Å². The lowest BCUT2D eigenvalue weighted by atomic mass is 9.96. The number of carbonyl (C=O) groups is 26. The number of hydrogen-bond acceptors (Lipinski definition) is 29. The summed E-state index contributed by atoms with van der Waals surface area (Å²) in [6.45, 7) is 2.41. The highest BCUT2D eigenvalue weighted by molar-refractivity contribution is 6.04.